The number of hydrogen-bond donors (Lipinski definition) is 1. The summed E-state index contributed by atoms with van der Waals surface area (Å²) in [6.45, 7) is 0. The summed E-state index contributed by atoms with van der Waals surface area (Å²) in [5.74, 6) is -1.98. The van der Waals surface area contributed by atoms with E-state index in [0.717, 1.165) is 6.07 Å². The van der Waals surface area contributed by atoms with Gasteiger partial charge >= 0.3 is 5.97 Å². The van der Waals surface area contributed by atoms with Gasteiger partial charge < -0.3 is 9.84 Å². The van der Waals surface area contributed by atoms with Gasteiger partial charge in [-0.3, -0.25) is 0 Å². The third kappa shape index (κ3) is 3.03. The predicted molar refractivity (Wildman–Crippen MR) is 75.4 cm³/mol. The Hall–Kier alpha value is -1.37. The van der Waals surface area contributed by atoms with Crippen LogP contribution < -0.4 is 4.74 Å². The van der Waals surface area contributed by atoms with Gasteiger partial charge in [0.1, 0.15) is 16.6 Å². The number of ether oxygens (including phenoxy) is 1. The van der Waals surface area contributed by atoms with Crippen LogP contribution in [-0.4, -0.2) is 16.1 Å². The number of benzene rings is 1. The molecule has 0 saturated carbocycles. The molecule has 1 aromatic heterocycles. The molecule has 1 aromatic carbocycles. The van der Waals surface area contributed by atoms with E-state index in [-0.39, 0.29) is 27.2 Å². The molecule has 2 aromatic rings. The van der Waals surface area contributed by atoms with Crippen LogP contribution in [-0.2, 0) is 0 Å². The maximum absolute atomic E-state index is 13.4. The topological polar surface area (TPSA) is 59.4 Å². The van der Waals surface area contributed by atoms with Gasteiger partial charge in [0, 0.05) is 12.3 Å². The van der Waals surface area contributed by atoms with Gasteiger partial charge in [0.25, 0.3) is 0 Å². The van der Waals surface area contributed by atoms with Crippen molar-refractivity contribution in [1.29, 1.82) is 0 Å². The van der Waals surface area contributed by atoms with Gasteiger partial charge in [0.2, 0.25) is 5.88 Å². The Balaban J connectivity index is 2.43. The lowest BCUT2D eigenvalue weighted by Gasteiger charge is -2.10. The summed E-state index contributed by atoms with van der Waals surface area (Å²) < 4.78 is 19.1. The molecule has 20 heavy (non-hydrogen) atoms. The third-order valence-corrected chi connectivity index (χ3v) is 3.54. The zero-order chi connectivity index (χ0) is 14.9. The van der Waals surface area contributed by atoms with E-state index < -0.39 is 11.8 Å². The lowest BCUT2D eigenvalue weighted by molar-refractivity contribution is 0.0696. The van der Waals surface area contributed by atoms with Crippen LogP contribution in [0.1, 0.15) is 10.4 Å². The lowest BCUT2D eigenvalue weighted by Crippen LogP contribution is -2.00. The summed E-state index contributed by atoms with van der Waals surface area (Å²) in [5, 5.41) is 8.68. The van der Waals surface area contributed by atoms with E-state index >= 15 is 0 Å². The molecule has 0 aliphatic rings. The normalized spacial score (nSPS) is 10.4. The van der Waals surface area contributed by atoms with Crippen molar-refractivity contribution in [3.8, 4) is 11.6 Å². The average molecular weight is 381 g/mol. The Bertz CT molecular complexity index is 697. The molecule has 0 radical (unpaired) electrons. The standard InChI is InChI=1S/C12H5BrCl2FNO3/c13-6-3-7(14)8(16)4-9(6)20-11-10(15)5(12(18)19)1-2-17-11/h1-4H,(H,18,19). The van der Waals surface area contributed by atoms with Gasteiger partial charge in [-0.2, -0.15) is 0 Å². The minimum absolute atomic E-state index is 0.0730. The van der Waals surface area contributed by atoms with Crippen molar-refractivity contribution in [2.75, 3.05) is 0 Å². The maximum atomic E-state index is 13.4. The molecule has 0 spiro atoms. The molecule has 104 valence electrons. The molecule has 0 saturated heterocycles. The van der Waals surface area contributed by atoms with Crippen molar-refractivity contribution < 1.29 is 19.0 Å². The fourth-order valence-electron chi connectivity index (χ4n) is 1.35. The highest BCUT2D eigenvalue weighted by molar-refractivity contribution is 9.10. The molecule has 0 amide bonds. The molecule has 1 N–H and O–H groups in total. The van der Waals surface area contributed by atoms with Crippen LogP contribution in [0.15, 0.2) is 28.9 Å². The number of nitrogens with zero attached hydrogens (tertiary/aromatic N) is 1. The molecular weight excluding hydrogens is 376 g/mol. The molecular formula is C12H5BrCl2FNO3. The van der Waals surface area contributed by atoms with Gasteiger partial charge in [0.15, 0.2) is 0 Å². The van der Waals surface area contributed by atoms with E-state index in [1.165, 1.54) is 18.3 Å². The van der Waals surface area contributed by atoms with Crippen molar-refractivity contribution in [3.63, 3.8) is 0 Å². The second-order valence-electron chi connectivity index (χ2n) is 3.58. The summed E-state index contributed by atoms with van der Waals surface area (Å²) in [7, 11) is 0. The zero-order valence-corrected chi connectivity index (χ0v) is 12.6. The van der Waals surface area contributed by atoms with Crippen molar-refractivity contribution in [2.24, 2.45) is 0 Å². The highest BCUT2D eigenvalue weighted by atomic mass is 79.9. The second kappa shape index (κ2) is 5.95. The smallest absolute Gasteiger partial charge is 0.337 e. The molecule has 2 rings (SSSR count). The summed E-state index contributed by atoms with van der Waals surface area (Å²) >= 11 is 14.6. The van der Waals surface area contributed by atoms with E-state index in [2.05, 4.69) is 20.9 Å². The number of rotatable bonds is 3. The van der Waals surface area contributed by atoms with Crippen LogP contribution in [0, 0.1) is 5.82 Å². The SMILES string of the molecule is O=C(O)c1ccnc(Oc2cc(F)c(Cl)cc2Br)c1Cl. The van der Waals surface area contributed by atoms with Crippen molar-refractivity contribution in [3.05, 3.63) is 50.3 Å². The zero-order valence-electron chi connectivity index (χ0n) is 9.53. The highest BCUT2D eigenvalue weighted by Crippen LogP contribution is 2.36. The number of halogens is 4. The first-order chi connectivity index (χ1) is 9.40. The number of carboxylic acids is 1. The Labute approximate surface area is 131 Å². The number of aromatic nitrogens is 1. The maximum Gasteiger partial charge on any atom is 0.337 e. The highest BCUT2D eigenvalue weighted by Gasteiger charge is 2.17. The van der Waals surface area contributed by atoms with Gasteiger partial charge in [-0.05, 0) is 28.1 Å². The van der Waals surface area contributed by atoms with Crippen LogP contribution in [0.2, 0.25) is 10.0 Å². The number of hydrogen-bond acceptors (Lipinski definition) is 3. The summed E-state index contributed by atoms with van der Waals surface area (Å²) in [4.78, 5) is 14.8. The minimum atomic E-state index is -1.22. The molecule has 0 aliphatic heterocycles. The number of pyridine rings is 1. The number of carbonyl (C=O) groups is 1. The quantitative estimate of drug-likeness (QED) is 0.778. The minimum Gasteiger partial charge on any atom is -0.478 e. The summed E-state index contributed by atoms with van der Waals surface area (Å²) in [5.41, 5.74) is -0.165. The average Bonchev–Trinajstić information content (AvgIpc) is 2.37. The summed E-state index contributed by atoms with van der Waals surface area (Å²) in [6, 6.07) is 3.58. The molecule has 0 bridgehead atoms. The molecule has 8 heteroatoms. The lowest BCUT2D eigenvalue weighted by atomic mass is 10.2. The molecule has 0 atom stereocenters. The second-order valence-corrected chi connectivity index (χ2v) is 5.22. The molecule has 0 fully saturated rings. The molecule has 0 aliphatic carbocycles. The first-order valence-electron chi connectivity index (χ1n) is 5.10. The number of aromatic carboxylic acids is 1. The van der Waals surface area contributed by atoms with Crippen molar-refractivity contribution >= 4 is 45.1 Å². The monoisotopic (exact) mass is 379 g/mol. The van der Waals surface area contributed by atoms with Gasteiger partial charge in [-0.25, -0.2) is 14.2 Å². The number of carboxylic acid groups (broad SMARTS) is 1. The Morgan fingerprint density at radius 3 is 2.75 bits per heavy atom. The van der Waals surface area contributed by atoms with Crippen LogP contribution in [0.5, 0.6) is 11.6 Å². The fourth-order valence-corrected chi connectivity index (χ4v) is 2.30. The molecule has 0 unspecified atom stereocenters. The van der Waals surface area contributed by atoms with E-state index in [1.807, 2.05) is 0 Å². The van der Waals surface area contributed by atoms with Gasteiger partial charge in [-0.15, -0.1) is 0 Å². The van der Waals surface area contributed by atoms with Crippen LogP contribution >= 0.6 is 39.1 Å². The Morgan fingerprint density at radius 1 is 1.40 bits per heavy atom. The van der Waals surface area contributed by atoms with E-state index in [4.69, 9.17) is 33.0 Å². The van der Waals surface area contributed by atoms with Crippen molar-refractivity contribution in [1.82, 2.24) is 4.98 Å². The first kappa shape index (κ1) is 15.0. The molecule has 4 nitrogen and oxygen atoms in total. The van der Waals surface area contributed by atoms with Crippen molar-refractivity contribution in [2.45, 2.75) is 0 Å². The van der Waals surface area contributed by atoms with Gasteiger partial charge in [0.05, 0.1) is 15.1 Å². The van der Waals surface area contributed by atoms with E-state index in [0.29, 0.717) is 4.47 Å². The fraction of sp³-hybridized carbons (Fsp3) is 0. The Morgan fingerprint density at radius 2 is 2.10 bits per heavy atom. The van der Waals surface area contributed by atoms with Crippen LogP contribution in [0.25, 0.3) is 0 Å². The third-order valence-electron chi connectivity index (χ3n) is 2.27. The summed E-state index contributed by atoms with van der Waals surface area (Å²) in [6.07, 6.45) is 1.23. The van der Waals surface area contributed by atoms with Crippen LogP contribution in [0.4, 0.5) is 4.39 Å². The first-order valence-corrected chi connectivity index (χ1v) is 6.65. The Kier molecular flexibility index (Phi) is 4.47. The molecule has 1 heterocycles. The van der Waals surface area contributed by atoms with E-state index in [1.54, 1.807) is 0 Å². The largest absolute Gasteiger partial charge is 0.478 e. The van der Waals surface area contributed by atoms with Gasteiger partial charge in [-0.1, -0.05) is 23.2 Å². The van der Waals surface area contributed by atoms with Crippen LogP contribution in [0.3, 0.4) is 0 Å². The predicted octanol–water partition coefficient (Wildman–Crippen LogP) is 4.78. The van der Waals surface area contributed by atoms with E-state index in [9.17, 15) is 9.18 Å².